The zero-order valence-corrected chi connectivity index (χ0v) is 12.3. The average molecular weight is 314 g/mol. The van der Waals surface area contributed by atoms with Gasteiger partial charge >= 0.3 is 0 Å². The van der Waals surface area contributed by atoms with Crippen molar-refractivity contribution in [3.63, 3.8) is 0 Å². The second-order valence-corrected chi connectivity index (χ2v) is 6.39. The van der Waals surface area contributed by atoms with Crippen molar-refractivity contribution in [3.8, 4) is 0 Å². The molecule has 0 aliphatic heterocycles. The highest BCUT2D eigenvalue weighted by atomic mass is 79.9. The fraction of sp³-hybridized carbons (Fsp3) is 0.600. The Kier molecular flexibility index (Phi) is 5.19. The Balaban J connectivity index is 1.80. The van der Waals surface area contributed by atoms with Gasteiger partial charge in [0.05, 0.1) is 0 Å². The summed E-state index contributed by atoms with van der Waals surface area (Å²) in [5, 5.41) is 0. The molecule has 0 heterocycles. The van der Waals surface area contributed by atoms with Crippen molar-refractivity contribution in [2.24, 2.45) is 11.7 Å². The maximum Gasteiger partial charge on any atom is 0.124 e. The lowest BCUT2D eigenvalue weighted by Crippen LogP contribution is -2.23. The quantitative estimate of drug-likeness (QED) is 0.855. The Morgan fingerprint density at radius 3 is 2.67 bits per heavy atom. The van der Waals surface area contributed by atoms with E-state index in [4.69, 9.17) is 5.73 Å². The van der Waals surface area contributed by atoms with Crippen molar-refractivity contribution in [1.29, 1.82) is 0 Å². The minimum Gasteiger partial charge on any atom is -0.327 e. The van der Waals surface area contributed by atoms with Gasteiger partial charge in [-0.3, -0.25) is 0 Å². The molecule has 100 valence electrons. The highest BCUT2D eigenvalue weighted by Gasteiger charge is 2.16. The van der Waals surface area contributed by atoms with Crippen LogP contribution in [0.5, 0.6) is 0 Å². The Morgan fingerprint density at radius 2 is 2.00 bits per heavy atom. The van der Waals surface area contributed by atoms with Crippen LogP contribution in [0.25, 0.3) is 0 Å². The van der Waals surface area contributed by atoms with Crippen LogP contribution in [0.4, 0.5) is 4.39 Å². The smallest absolute Gasteiger partial charge is 0.124 e. The SMILES string of the molecule is NC(CCC1CCCC1)Cc1cc(F)cc(Br)c1. The van der Waals surface area contributed by atoms with Crippen molar-refractivity contribution in [1.82, 2.24) is 0 Å². The van der Waals surface area contributed by atoms with Gasteiger partial charge in [-0.2, -0.15) is 0 Å². The predicted octanol–water partition coefficient (Wildman–Crippen LogP) is 4.43. The number of hydrogen-bond donors (Lipinski definition) is 1. The molecule has 1 saturated carbocycles. The molecule has 0 spiro atoms. The molecule has 0 aromatic heterocycles. The third-order valence-electron chi connectivity index (χ3n) is 3.84. The number of rotatable bonds is 5. The van der Waals surface area contributed by atoms with E-state index in [1.807, 2.05) is 6.07 Å². The maximum atomic E-state index is 13.2. The van der Waals surface area contributed by atoms with Crippen LogP contribution in [0.1, 0.15) is 44.1 Å². The minimum atomic E-state index is -0.192. The molecule has 0 radical (unpaired) electrons. The van der Waals surface area contributed by atoms with E-state index in [0.717, 1.165) is 28.8 Å². The topological polar surface area (TPSA) is 26.0 Å². The lowest BCUT2D eigenvalue weighted by molar-refractivity contribution is 0.447. The highest BCUT2D eigenvalue weighted by Crippen LogP contribution is 2.29. The molecule has 1 aliphatic rings. The summed E-state index contributed by atoms with van der Waals surface area (Å²) < 4.78 is 14.0. The first kappa shape index (κ1) is 14.0. The molecule has 1 aromatic carbocycles. The lowest BCUT2D eigenvalue weighted by Gasteiger charge is -2.15. The van der Waals surface area contributed by atoms with Gasteiger partial charge in [-0.1, -0.05) is 41.6 Å². The van der Waals surface area contributed by atoms with Crippen molar-refractivity contribution in [2.75, 3.05) is 0 Å². The fourth-order valence-electron chi connectivity index (χ4n) is 2.88. The average Bonchev–Trinajstić information content (AvgIpc) is 2.77. The van der Waals surface area contributed by atoms with E-state index in [1.54, 1.807) is 6.07 Å². The van der Waals surface area contributed by atoms with Crippen LogP contribution < -0.4 is 5.73 Å². The summed E-state index contributed by atoms with van der Waals surface area (Å²) in [5.41, 5.74) is 7.13. The van der Waals surface area contributed by atoms with Crippen LogP contribution in [0.3, 0.4) is 0 Å². The maximum absolute atomic E-state index is 13.2. The Morgan fingerprint density at radius 1 is 1.28 bits per heavy atom. The normalized spacial score (nSPS) is 18.2. The van der Waals surface area contributed by atoms with Crippen molar-refractivity contribution in [2.45, 2.75) is 51.0 Å². The van der Waals surface area contributed by atoms with Crippen molar-refractivity contribution in [3.05, 3.63) is 34.1 Å². The first-order valence-corrected chi connectivity index (χ1v) is 7.63. The number of nitrogens with two attached hydrogens (primary N) is 1. The van der Waals surface area contributed by atoms with Gasteiger partial charge in [0.2, 0.25) is 0 Å². The molecule has 1 nitrogen and oxygen atoms in total. The summed E-state index contributed by atoms with van der Waals surface area (Å²) >= 11 is 3.31. The van der Waals surface area contributed by atoms with E-state index in [-0.39, 0.29) is 11.9 Å². The molecule has 3 heteroatoms. The zero-order chi connectivity index (χ0) is 13.0. The summed E-state index contributed by atoms with van der Waals surface area (Å²) in [4.78, 5) is 0. The second-order valence-electron chi connectivity index (χ2n) is 5.47. The van der Waals surface area contributed by atoms with E-state index in [2.05, 4.69) is 15.9 Å². The van der Waals surface area contributed by atoms with Crippen LogP contribution >= 0.6 is 15.9 Å². The molecule has 2 rings (SSSR count). The second kappa shape index (κ2) is 6.67. The van der Waals surface area contributed by atoms with Crippen LogP contribution in [0.2, 0.25) is 0 Å². The van der Waals surface area contributed by atoms with Gasteiger partial charge in [-0.25, -0.2) is 4.39 Å². The standard InChI is InChI=1S/C15H21BrFN/c16-13-7-12(8-14(17)10-13)9-15(18)6-5-11-3-1-2-4-11/h7-8,10-11,15H,1-6,9,18H2. The van der Waals surface area contributed by atoms with E-state index in [0.29, 0.717) is 0 Å². The molecule has 2 N–H and O–H groups in total. The monoisotopic (exact) mass is 313 g/mol. The first-order chi connectivity index (χ1) is 8.63. The predicted molar refractivity (Wildman–Crippen MR) is 77.0 cm³/mol. The molecule has 1 atom stereocenters. The fourth-order valence-corrected chi connectivity index (χ4v) is 3.40. The third-order valence-corrected chi connectivity index (χ3v) is 4.30. The molecule has 0 bridgehead atoms. The Hall–Kier alpha value is -0.410. The van der Waals surface area contributed by atoms with Gasteiger partial charge in [0.1, 0.15) is 5.82 Å². The van der Waals surface area contributed by atoms with Crippen LogP contribution in [-0.2, 0) is 6.42 Å². The molecular weight excluding hydrogens is 293 g/mol. The Labute approximate surface area is 117 Å². The van der Waals surface area contributed by atoms with Gasteiger partial charge in [0.15, 0.2) is 0 Å². The molecule has 1 aliphatic carbocycles. The first-order valence-electron chi connectivity index (χ1n) is 6.84. The minimum absolute atomic E-state index is 0.152. The van der Waals surface area contributed by atoms with Gasteiger partial charge in [-0.15, -0.1) is 0 Å². The van der Waals surface area contributed by atoms with Gasteiger partial charge in [0.25, 0.3) is 0 Å². The van der Waals surface area contributed by atoms with Gasteiger partial charge in [-0.05, 0) is 48.9 Å². The molecule has 0 saturated heterocycles. The van der Waals surface area contributed by atoms with Crippen LogP contribution in [0, 0.1) is 11.7 Å². The number of benzene rings is 1. The van der Waals surface area contributed by atoms with E-state index in [1.165, 1.54) is 38.2 Å². The Bertz CT molecular complexity index is 368. The molecule has 1 unspecified atom stereocenters. The van der Waals surface area contributed by atoms with Crippen LogP contribution in [0.15, 0.2) is 22.7 Å². The van der Waals surface area contributed by atoms with Gasteiger partial charge < -0.3 is 5.73 Å². The zero-order valence-electron chi connectivity index (χ0n) is 10.7. The van der Waals surface area contributed by atoms with Crippen molar-refractivity contribution >= 4 is 15.9 Å². The molecule has 0 amide bonds. The van der Waals surface area contributed by atoms with Gasteiger partial charge in [0, 0.05) is 10.5 Å². The summed E-state index contributed by atoms with van der Waals surface area (Å²) in [6, 6.07) is 5.17. The number of halogens is 2. The largest absolute Gasteiger partial charge is 0.327 e. The highest BCUT2D eigenvalue weighted by molar-refractivity contribution is 9.10. The molecular formula is C15H21BrFN. The van der Waals surface area contributed by atoms with Crippen LogP contribution in [-0.4, -0.2) is 6.04 Å². The molecule has 1 fully saturated rings. The van der Waals surface area contributed by atoms with E-state index < -0.39 is 0 Å². The van der Waals surface area contributed by atoms with E-state index in [9.17, 15) is 4.39 Å². The van der Waals surface area contributed by atoms with Crippen molar-refractivity contribution < 1.29 is 4.39 Å². The summed E-state index contributed by atoms with van der Waals surface area (Å²) in [6.45, 7) is 0. The summed E-state index contributed by atoms with van der Waals surface area (Å²) in [7, 11) is 0. The summed E-state index contributed by atoms with van der Waals surface area (Å²) in [5.74, 6) is 0.692. The number of hydrogen-bond acceptors (Lipinski definition) is 1. The third kappa shape index (κ3) is 4.36. The lowest BCUT2D eigenvalue weighted by atomic mass is 9.95. The molecule has 18 heavy (non-hydrogen) atoms. The molecule has 1 aromatic rings. The van der Waals surface area contributed by atoms with E-state index >= 15 is 0 Å². The summed E-state index contributed by atoms with van der Waals surface area (Å²) in [6.07, 6.45) is 8.57.